The van der Waals surface area contributed by atoms with Crippen LogP contribution in [0.4, 0.5) is 10.5 Å². The van der Waals surface area contributed by atoms with Crippen LogP contribution in [-0.4, -0.2) is 21.0 Å². The standard InChI is InChI=1S/C8H9N.CH2N2O3S/c1-2-4-8-7(3-1)5-6-9-8;2-1(4)3-7(5)6/h1-4,9H,5-6H2;(H2,2,4). The number of primary amides is 1. The van der Waals surface area contributed by atoms with Gasteiger partial charge in [0.25, 0.3) is 0 Å². The van der Waals surface area contributed by atoms with Crippen LogP contribution in [0.3, 0.4) is 0 Å². The van der Waals surface area contributed by atoms with Crippen LogP contribution in [0.1, 0.15) is 5.56 Å². The summed E-state index contributed by atoms with van der Waals surface area (Å²) in [6.45, 7) is 1.11. The monoisotopic (exact) mass is 241 g/mol. The number of carbonyl (C=O) groups is 1. The summed E-state index contributed by atoms with van der Waals surface area (Å²) < 4.78 is 21.0. The summed E-state index contributed by atoms with van der Waals surface area (Å²) in [5, 5.41) is 3.30. The fourth-order valence-corrected chi connectivity index (χ4v) is 1.46. The van der Waals surface area contributed by atoms with E-state index in [4.69, 9.17) is 0 Å². The molecule has 2 rings (SSSR count). The fraction of sp³-hybridized carbons (Fsp3) is 0.222. The third kappa shape index (κ3) is 4.09. The SMILES string of the molecule is NC(=O)N=S(=O)=O.c1ccc2c(c1)CCN2. The number of rotatable bonds is 0. The van der Waals surface area contributed by atoms with Gasteiger partial charge in [-0.05, 0) is 18.1 Å². The second-order valence-corrected chi connectivity index (χ2v) is 3.60. The molecule has 0 radical (unpaired) electrons. The molecule has 0 saturated carbocycles. The zero-order chi connectivity index (χ0) is 12.0. The van der Waals surface area contributed by atoms with Crippen LogP contribution >= 0.6 is 0 Å². The molecule has 1 aromatic carbocycles. The average molecular weight is 241 g/mol. The summed E-state index contributed by atoms with van der Waals surface area (Å²) in [6.07, 6.45) is 1.19. The molecule has 16 heavy (non-hydrogen) atoms. The van der Waals surface area contributed by atoms with Gasteiger partial charge < -0.3 is 11.1 Å². The van der Waals surface area contributed by atoms with Crippen molar-refractivity contribution in [1.29, 1.82) is 0 Å². The Balaban J connectivity index is 0.000000168. The molecule has 0 bridgehead atoms. The summed E-state index contributed by atoms with van der Waals surface area (Å²) in [5.41, 5.74) is 7.07. The van der Waals surface area contributed by atoms with Gasteiger partial charge in [-0.3, -0.25) is 0 Å². The molecular formula is C9H11N3O3S. The maximum absolute atomic E-state index is 9.47. The molecule has 0 unspecified atom stereocenters. The molecule has 0 spiro atoms. The first-order chi connectivity index (χ1) is 7.59. The predicted octanol–water partition coefficient (Wildman–Crippen LogP) is 0.782. The zero-order valence-corrected chi connectivity index (χ0v) is 9.20. The molecule has 0 fully saturated rings. The number of hydrogen-bond acceptors (Lipinski definition) is 4. The first kappa shape index (κ1) is 12.2. The Morgan fingerprint density at radius 3 is 2.56 bits per heavy atom. The van der Waals surface area contributed by atoms with Gasteiger partial charge in [-0.15, -0.1) is 0 Å². The van der Waals surface area contributed by atoms with Gasteiger partial charge in [0.05, 0.1) is 0 Å². The molecule has 3 N–H and O–H groups in total. The van der Waals surface area contributed by atoms with E-state index in [0.29, 0.717) is 0 Å². The van der Waals surface area contributed by atoms with E-state index >= 15 is 0 Å². The zero-order valence-electron chi connectivity index (χ0n) is 8.38. The summed E-state index contributed by atoms with van der Waals surface area (Å²) in [4.78, 5) is 9.47. The lowest BCUT2D eigenvalue weighted by Gasteiger charge is -1.94. The van der Waals surface area contributed by atoms with Crippen molar-refractivity contribution in [3.05, 3.63) is 29.8 Å². The number of urea groups is 1. The normalized spacial score (nSPS) is 11.5. The van der Waals surface area contributed by atoms with Crippen LogP contribution in [0.5, 0.6) is 0 Å². The van der Waals surface area contributed by atoms with Gasteiger partial charge in [-0.2, -0.15) is 8.42 Å². The fourth-order valence-electron chi connectivity index (χ4n) is 1.32. The number of benzene rings is 1. The minimum atomic E-state index is -2.70. The number of amides is 2. The number of fused-ring (bicyclic) bond motifs is 1. The second kappa shape index (κ2) is 5.86. The van der Waals surface area contributed by atoms with Crippen LogP contribution in [0.15, 0.2) is 28.6 Å². The largest absolute Gasteiger partial charge is 0.384 e. The smallest absolute Gasteiger partial charge is 0.353 e. The Bertz CT molecular complexity index is 479. The van der Waals surface area contributed by atoms with Crippen molar-refractivity contribution in [2.75, 3.05) is 11.9 Å². The van der Waals surface area contributed by atoms with Crippen molar-refractivity contribution < 1.29 is 13.2 Å². The molecular weight excluding hydrogens is 230 g/mol. The molecule has 1 aliphatic heterocycles. The Kier molecular flexibility index (Phi) is 4.46. The van der Waals surface area contributed by atoms with Gasteiger partial charge in [0, 0.05) is 12.2 Å². The Morgan fingerprint density at radius 1 is 1.38 bits per heavy atom. The van der Waals surface area contributed by atoms with E-state index in [0.717, 1.165) is 6.54 Å². The molecule has 7 heteroatoms. The van der Waals surface area contributed by atoms with Gasteiger partial charge in [-0.25, -0.2) is 4.79 Å². The number of anilines is 1. The first-order valence-electron chi connectivity index (χ1n) is 4.52. The molecule has 0 atom stereocenters. The van der Waals surface area contributed by atoms with Gasteiger partial charge in [-0.1, -0.05) is 22.6 Å². The summed E-state index contributed by atoms with van der Waals surface area (Å²) in [5.74, 6) is 0. The molecule has 1 aliphatic rings. The van der Waals surface area contributed by atoms with Crippen molar-refractivity contribution in [2.24, 2.45) is 10.1 Å². The van der Waals surface area contributed by atoms with E-state index in [1.165, 1.54) is 17.7 Å². The van der Waals surface area contributed by atoms with Crippen LogP contribution in [-0.2, 0) is 16.9 Å². The minimum absolute atomic E-state index is 1.11. The number of para-hydroxylation sites is 1. The van der Waals surface area contributed by atoms with Crippen LogP contribution in [0, 0.1) is 0 Å². The molecule has 1 heterocycles. The molecule has 0 aromatic heterocycles. The van der Waals surface area contributed by atoms with Crippen molar-refractivity contribution in [3.63, 3.8) is 0 Å². The lowest BCUT2D eigenvalue weighted by atomic mass is 10.2. The summed E-state index contributed by atoms with van der Waals surface area (Å²) in [7, 11) is -2.70. The Labute approximate surface area is 94.2 Å². The Hall–Kier alpha value is -1.89. The molecule has 6 nitrogen and oxygen atoms in total. The maximum atomic E-state index is 9.47. The Morgan fingerprint density at radius 2 is 2.06 bits per heavy atom. The minimum Gasteiger partial charge on any atom is -0.384 e. The summed E-state index contributed by atoms with van der Waals surface area (Å²) >= 11 is 0. The molecule has 0 aliphatic carbocycles. The van der Waals surface area contributed by atoms with E-state index in [1.54, 1.807) is 0 Å². The molecule has 2 amide bonds. The third-order valence-electron chi connectivity index (χ3n) is 1.89. The third-order valence-corrected chi connectivity index (χ3v) is 2.22. The molecule has 86 valence electrons. The number of nitrogens with one attached hydrogen (secondary N) is 1. The van der Waals surface area contributed by atoms with Crippen LogP contribution in [0.25, 0.3) is 0 Å². The lowest BCUT2D eigenvalue weighted by Crippen LogP contribution is -2.02. The maximum Gasteiger partial charge on any atom is 0.353 e. The van der Waals surface area contributed by atoms with Crippen molar-refractivity contribution in [1.82, 2.24) is 0 Å². The lowest BCUT2D eigenvalue weighted by molar-refractivity contribution is 0.257. The van der Waals surface area contributed by atoms with Crippen LogP contribution in [0.2, 0.25) is 0 Å². The number of nitrogens with zero attached hydrogens (tertiary/aromatic N) is 1. The van der Waals surface area contributed by atoms with E-state index in [-0.39, 0.29) is 0 Å². The molecule has 0 saturated heterocycles. The first-order valence-corrected chi connectivity index (χ1v) is 5.55. The van der Waals surface area contributed by atoms with E-state index in [9.17, 15) is 13.2 Å². The highest BCUT2D eigenvalue weighted by molar-refractivity contribution is 7.62. The van der Waals surface area contributed by atoms with E-state index in [2.05, 4.69) is 39.7 Å². The van der Waals surface area contributed by atoms with Gasteiger partial charge in [0.15, 0.2) is 0 Å². The highest BCUT2D eigenvalue weighted by atomic mass is 32.2. The molecule has 1 aromatic rings. The quantitative estimate of drug-likeness (QED) is 0.700. The van der Waals surface area contributed by atoms with Crippen molar-refractivity contribution in [2.45, 2.75) is 6.42 Å². The van der Waals surface area contributed by atoms with E-state index < -0.39 is 16.5 Å². The number of nitrogens with two attached hydrogens (primary N) is 1. The van der Waals surface area contributed by atoms with Crippen molar-refractivity contribution in [3.8, 4) is 0 Å². The number of hydrogen-bond donors (Lipinski definition) is 2. The highest BCUT2D eigenvalue weighted by Gasteiger charge is 2.05. The average Bonchev–Trinajstić information content (AvgIpc) is 2.63. The van der Waals surface area contributed by atoms with E-state index in [1.807, 2.05) is 0 Å². The topological polar surface area (TPSA) is 102 Å². The predicted molar refractivity (Wildman–Crippen MR) is 59.6 cm³/mol. The second-order valence-electron chi connectivity index (χ2n) is 2.98. The van der Waals surface area contributed by atoms with Crippen molar-refractivity contribution >= 4 is 22.2 Å². The highest BCUT2D eigenvalue weighted by Crippen LogP contribution is 2.19. The van der Waals surface area contributed by atoms with Crippen LogP contribution < -0.4 is 11.1 Å². The van der Waals surface area contributed by atoms with Gasteiger partial charge in [0.1, 0.15) is 0 Å². The van der Waals surface area contributed by atoms with Gasteiger partial charge >= 0.3 is 16.5 Å². The number of carbonyl (C=O) groups excluding carboxylic acids is 1. The van der Waals surface area contributed by atoms with Gasteiger partial charge in [0.2, 0.25) is 0 Å². The summed E-state index contributed by atoms with van der Waals surface area (Å²) in [6, 6.07) is 7.26.